The number of aromatic nitrogens is 4. The van der Waals surface area contributed by atoms with Gasteiger partial charge in [0, 0.05) is 158 Å². The van der Waals surface area contributed by atoms with Crippen molar-refractivity contribution < 1.29 is 28.6 Å². The SMILES string of the molecule is CCN(c1cc(-c2ccc(CN3CCOCC3)nc2)cc(C(=O)NCc2c(C)cc(C)[nH]c2=O)c1C)C1C[C@@H](C)C[C@H](C)C1.CCN(c1cc(-c2ccc(CN3CCOCC3)nc2)cc(C(=O)NCc2c(C)cc(C)[nH]c2=O)c1C)C1C[C@@H](C)N(C(=O)OC(C)(C)C)[C@H](C)C1. The summed E-state index contributed by atoms with van der Waals surface area (Å²) in [6.07, 6.45) is 8.62. The Balaban J connectivity index is 0.000000226. The van der Waals surface area contributed by atoms with E-state index >= 15 is 0 Å². The molecule has 1 saturated carbocycles. The van der Waals surface area contributed by atoms with E-state index in [1.165, 1.54) is 6.42 Å². The van der Waals surface area contributed by atoms with E-state index in [9.17, 15) is 24.0 Å². The molecule has 4 aliphatic rings. The predicted octanol–water partition coefficient (Wildman–Crippen LogP) is 11.9. The molecule has 0 unspecified atom stereocenters. The van der Waals surface area contributed by atoms with E-state index in [1.807, 2.05) is 96.9 Å². The maximum absolute atomic E-state index is 14.0. The van der Waals surface area contributed by atoms with E-state index in [2.05, 4.69) is 125 Å². The standard InChI is InChI=1S/C40H56N6O5.C36H49N5O3/c1-10-45(33-18-27(4)46(28(5)19-33)39(49)51-40(7,8)9)36-21-31(30-11-12-32(41-22-30)24-44-13-15-50-16-14-44)20-34(29(36)6)37(47)42-23-35-25(2)17-26(3)43-38(35)48;1-7-41(31-15-23(2)14-24(3)16-31)34-19-29(28-8-9-30(37-20-28)22-40-10-12-44-13-11-40)18-32(27(34)6)35(42)38-21-33-25(4)17-26(5)39-36(33)43/h11-12,17,20-22,27-28,33H,10,13-16,18-19,23-24H2,1-9H3,(H,42,47)(H,43,48);8-9,17-20,23-24,31H,7,10-16,21-22H2,1-6H3,(H,38,42)(H,39,43)/t27-,28-;23-,24-/m10/s1. The number of hydrogen-bond acceptors (Lipinski definition) is 14. The van der Waals surface area contributed by atoms with Crippen LogP contribution >= 0.6 is 0 Å². The van der Waals surface area contributed by atoms with E-state index in [0.29, 0.717) is 40.1 Å². The molecular formula is C76H105N11O8. The van der Waals surface area contributed by atoms with Gasteiger partial charge in [0.1, 0.15) is 5.60 Å². The van der Waals surface area contributed by atoms with E-state index in [4.69, 9.17) is 24.2 Å². The summed E-state index contributed by atoms with van der Waals surface area (Å²) in [4.78, 5) is 93.3. The Morgan fingerprint density at radius 1 is 0.568 bits per heavy atom. The van der Waals surface area contributed by atoms with Gasteiger partial charge in [0.25, 0.3) is 22.9 Å². The van der Waals surface area contributed by atoms with Gasteiger partial charge in [0.05, 0.1) is 37.8 Å². The number of pyridine rings is 4. The minimum absolute atomic E-state index is 0.0343. The highest BCUT2D eigenvalue weighted by Crippen LogP contribution is 2.40. The molecule has 0 spiro atoms. The Hall–Kier alpha value is -7.71. The van der Waals surface area contributed by atoms with E-state index in [0.717, 1.165) is 183 Å². The summed E-state index contributed by atoms with van der Waals surface area (Å²) >= 11 is 0. The Kier molecular flexibility index (Phi) is 24.0. The van der Waals surface area contributed by atoms with Crippen LogP contribution in [-0.4, -0.2) is 148 Å². The number of anilines is 2. The minimum atomic E-state index is -0.571. The van der Waals surface area contributed by atoms with E-state index < -0.39 is 5.60 Å². The highest BCUT2D eigenvalue weighted by Gasteiger charge is 2.39. The van der Waals surface area contributed by atoms with E-state index in [-0.39, 0.29) is 60.2 Å². The highest BCUT2D eigenvalue weighted by atomic mass is 16.6. The lowest BCUT2D eigenvalue weighted by atomic mass is 9.79. The van der Waals surface area contributed by atoms with Crippen LogP contribution in [0.4, 0.5) is 16.2 Å². The Morgan fingerprint density at radius 2 is 0.968 bits per heavy atom. The number of hydrogen-bond donors (Lipinski definition) is 4. The molecule has 4 N–H and O–H groups in total. The molecule has 4 atom stereocenters. The van der Waals surface area contributed by atoms with Crippen LogP contribution in [0.2, 0.25) is 0 Å². The summed E-state index contributed by atoms with van der Waals surface area (Å²) in [5.41, 5.74) is 14.4. The number of rotatable bonds is 18. The number of likely N-dealkylation sites (tertiary alicyclic amines) is 1. The van der Waals surface area contributed by atoms with Crippen molar-refractivity contribution in [1.82, 2.24) is 45.3 Å². The molecule has 19 nitrogen and oxygen atoms in total. The zero-order chi connectivity index (χ0) is 68.4. The zero-order valence-corrected chi connectivity index (χ0v) is 59.2. The normalized spacial score (nSPS) is 20.3. The van der Waals surface area contributed by atoms with Crippen LogP contribution in [-0.2, 0) is 40.4 Å². The molecule has 6 aromatic rings. The van der Waals surface area contributed by atoms with Gasteiger partial charge in [-0.2, -0.15) is 0 Å². The third-order valence-electron chi connectivity index (χ3n) is 19.5. The lowest BCUT2D eigenvalue weighted by Crippen LogP contribution is -2.56. The van der Waals surface area contributed by atoms with Gasteiger partial charge >= 0.3 is 6.09 Å². The van der Waals surface area contributed by atoms with Crippen LogP contribution in [0.25, 0.3) is 22.3 Å². The number of aromatic amines is 2. The lowest BCUT2D eigenvalue weighted by Gasteiger charge is -2.47. The lowest BCUT2D eigenvalue weighted by molar-refractivity contribution is -0.00254. The second-order valence-electron chi connectivity index (χ2n) is 28.3. The molecule has 512 valence electrons. The van der Waals surface area contributed by atoms with Gasteiger partial charge in [-0.1, -0.05) is 26.0 Å². The van der Waals surface area contributed by atoms with Crippen LogP contribution in [0.1, 0.15) is 171 Å². The molecule has 3 aliphatic heterocycles. The highest BCUT2D eigenvalue weighted by molar-refractivity contribution is 6.00. The number of carbonyl (C=O) groups is 3. The smallest absolute Gasteiger partial charge is 0.410 e. The number of nitrogens with one attached hydrogen (secondary N) is 4. The minimum Gasteiger partial charge on any atom is -0.444 e. The predicted molar refractivity (Wildman–Crippen MR) is 378 cm³/mol. The Morgan fingerprint density at radius 3 is 1.33 bits per heavy atom. The molecule has 10 rings (SSSR count). The van der Waals surface area contributed by atoms with Gasteiger partial charge in [-0.05, 0) is 216 Å². The summed E-state index contributed by atoms with van der Waals surface area (Å²) in [6.45, 7) is 40.5. The van der Waals surface area contributed by atoms with Gasteiger partial charge in [-0.15, -0.1) is 0 Å². The second kappa shape index (κ2) is 31.9. The summed E-state index contributed by atoms with van der Waals surface area (Å²) in [7, 11) is 0. The molecule has 2 aromatic carbocycles. The van der Waals surface area contributed by atoms with Crippen LogP contribution < -0.4 is 31.6 Å². The van der Waals surface area contributed by atoms with Crippen molar-refractivity contribution in [2.45, 2.75) is 192 Å². The number of carbonyl (C=O) groups excluding carboxylic acids is 3. The molecule has 1 aliphatic carbocycles. The van der Waals surface area contributed by atoms with Crippen molar-refractivity contribution in [3.8, 4) is 22.3 Å². The zero-order valence-electron chi connectivity index (χ0n) is 59.2. The van der Waals surface area contributed by atoms with Gasteiger partial charge in [0.15, 0.2) is 0 Å². The molecular weight excluding hydrogens is 1190 g/mol. The fourth-order valence-electron chi connectivity index (χ4n) is 14.8. The first-order chi connectivity index (χ1) is 45.3. The van der Waals surface area contributed by atoms with Crippen molar-refractivity contribution in [1.29, 1.82) is 0 Å². The van der Waals surface area contributed by atoms with Crippen LogP contribution in [0.15, 0.2) is 82.6 Å². The number of morpholine rings is 2. The molecule has 7 heterocycles. The van der Waals surface area contributed by atoms with Crippen LogP contribution in [0, 0.1) is 53.4 Å². The summed E-state index contributed by atoms with van der Waals surface area (Å²) in [5, 5.41) is 6.10. The molecule has 4 aromatic heterocycles. The molecule has 4 fully saturated rings. The number of piperidine rings is 1. The average molecular weight is 1300 g/mol. The first-order valence-corrected chi connectivity index (χ1v) is 34.6. The average Bonchev–Trinajstić information content (AvgIpc) is 0.787. The summed E-state index contributed by atoms with van der Waals surface area (Å²) in [5.74, 6) is 0.916. The van der Waals surface area contributed by atoms with Gasteiger partial charge in [-0.25, -0.2) is 4.79 Å². The van der Waals surface area contributed by atoms with Crippen LogP contribution in [0.5, 0.6) is 0 Å². The summed E-state index contributed by atoms with van der Waals surface area (Å²) in [6, 6.07) is 21.0. The topological polar surface area (TPSA) is 211 Å². The quantitative estimate of drug-likeness (QED) is 0.0631. The maximum atomic E-state index is 14.0. The molecule has 0 radical (unpaired) electrons. The Bertz CT molecular complexity index is 3730. The largest absolute Gasteiger partial charge is 0.444 e. The second-order valence-corrected chi connectivity index (χ2v) is 28.3. The van der Waals surface area contributed by atoms with Gasteiger partial charge < -0.3 is 49.5 Å². The number of nitrogens with zero attached hydrogens (tertiary/aromatic N) is 7. The van der Waals surface area contributed by atoms with Gasteiger partial charge in [-0.3, -0.25) is 38.9 Å². The molecule has 3 saturated heterocycles. The number of amides is 3. The van der Waals surface area contributed by atoms with Crippen molar-refractivity contribution in [3.63, 3.8) is 0 Å². The van der Waals surface area contributed by atoms with Crippen LogP contribution in [0.3, 0.4) is 0 Å². The van der Waals surface area contributed by atoms with Crippen molar-refractivity contribution in [2.24, 2.45) is 11.8 Å². The third-order valence-corrected chi connectivity index (χ3v) is 19.5. The monoisotopic (exact) mass is 1300 g/mol. The molecule has 19 heteroatoms. The number of benzene rings is 2. The first kappa shape index (κ1) is 71.6. The molecule has 95 heavy (non-hydrogen) atoms. The summed E-state index contributed by atoms with van der Waals surface area (Å²) < 4.78 is 16.8. The molecule has 3 amide bonds. The number of H-pyrrole nitrogens is 2. The first-order valence-electron chi connectivity index (χ1n) is 34.6. The number of ether oxygens (including phenoxy) is 3. The van der Waals surface area contributed by atoms with Gasteiger partial charge in [0.2, 0.25) is 0 Å². The molecule has 0 bridgehead atoms. The fraction of sp³-hybridized carbons (Fsp3) is 0.539. The third kappa shape index (κ3) is 18.2. The Labute approximate surface area is 563 Å². The van der Waals surface area contributed by atoms with Crippen molar-refractivity contribution in [2.75, 3.05) is 75.5 Å². The van der Waals surface area contributed by atoms with E-state index in [1.54, 1.807) is 0 Å². The van der Waals surface area contributed by atoms with Crippen molar-refractivity contribution in [3.05, 3.63) is 161 Å². The van der Waals surface area contributed by atoms with Crippen molar-refractivity contribution >= 4 is 29.3 Å². The number of aryl methyl sites for hydroxylation is 4. The maximum Gasteiger partial charge on any atom is 0.410 e. The fourth-order valence-corrected chi connectivity index (χ4v) is 14.8.